The van der Waals surface area contributed by atoms with Gasteiger partial charge in [0.15, 0.2) is 0 Å². The summed E-state index contributed by atoms with van der Waals surface area (Å²) in [4.78, 5) is 16.3. The van der Waals surface area contributed by atoms with Gasteiger partial charge in [-0.3, -0.25) is 4.79 Å². The Balaban J connectivity index is 0.00000200. The van der Waals surface area contributed by atoms with Crippen LogP contribution in [0.5, 0.6) is 0 Å². The predicted molar refractivity (Wildman–Crippen MR) is 82.4 cm³/mol. The van der Waals surface area contributed by atoms with E-state index >= 15 is 0 Å². The molecule has 1 N–H and O–H groups in total. The van der Waals surface area contributed by atoms with Crippen LogP contribution in [0.25, 0.3) is 0 Å². The molecule has 0 aromatic carbocycles. The first-order chi connectivity index (χ1) is 9.25. The van der Waals surface area contributed by atoms with Crippen LogP contribution >= 0.6 is 12.4 Å². The van der Waals surface area contributed by atoms with E-state index in [9.17, 15) is 4.79 Å². The summed E-state index contributed by atoms with van der Waals surface area (Å²) in [5, 5.41) is 3.27. The van der Waals surface area contributed by atoms with Gasteiger partial charge < -0.3 is 19.9 Å². The van der Waals surface area contributed by atoms with Gasteiger partial charge in [0.05, 0.1) is 6.61 Å². The molecule has 0 saturated carbocycles. The van der Waals surface area contributed by atoms with Crippen molar-refractivity contribution in [2.24, 2.45) is 5.92 Å². The first-order valence-electron chi connectivity index (χ1n) is 7.50. The van der Waals surface area contributed by atoms with E-state index < -0.39 is 0 Å². The van der Waals surface area contributed by atoms with E-state index in [0.717, 1.165) is 52.5 Å². The lowest BCUT2D eigenvalue weighted by Crippen LogP contribution is -2.47. The Labute approximate surface area is 128 Å². The minimum Gasteiger partial charge on any atom is -0.381 e. The van der Waals surface area contributed by atoms with Crippen LogP contribution in [0.4, 0.5) is 0 Å². The molecule has 2 heterocycles. The zero-order valence-electron chi connectivity index (χ0n) is 12.5. The van der Waals surface area contributed by atoms with Crippen LogP contribution in [0.2, 0.25) is 0 Å². The molecular weight excluding hydrogens is 278 g/mol. The monoisotopic (exact) mass is 305 g/mol. The number of ether oxygens (including phenoxy) is 1. The summed E-state index contributed by atoms with van der Waals surface area (Å²) in [5.74, 6) is 0.946. The van der Waals surface area contributed by atoms with Gasteiger partial charge in [-0.1, -0.05) is 0 Å². The highest BCUT2D eigenvalue weighted by Crippen LogP contribution is 2.14. The number of piperazine rings is 1. The number of nitrogens with zero attached hydrogens (tertiary/aromatic N) is 2. The lowest BCUT2D eigenvalue weighted by Gasteiger charge is -2.29. The molecule has 0 aromatic heterocycles. The lowest BCUT2D eigenvalue weighted by atomic mass is 10.0. The number of carbonyl (C=O) groups excluding carboxylic acids is 1. The topological polar surface area (TPSA) is 44.8 Å². The molecule has 0 aliphatic carbocycles. The van der Waals surface area contributed by atoms with Gasteiger partial charge in [0.25, 0.3) is 0 Å². The largest absolute Gasteiger partial charge is 0.381 e. The molecule has 1 atom stereocenters. The highest BCUT2D eigenvalue weighted by atomic mass is 35.5. The fourth-order valence-electron chi connectivity index (χ4n) is 2.84. The van der Waals surface area contributed by atoms with Crippen LogP contribution in [0.1, 0.15) is 19.3 Å². The molecule has 1 unspecified atom stereocenters. The normalized spacial score (nSPS) is 23.5. The van der Waals surface area contributed by atoms with Crippen molar-refractivity contribution in [1.82, 2.24) is 15.1 Å². The quantitative estimate of drug-likeness (QED) is 0.807. The standard InChI is InChI=1S/C14H27N3O2.ClH/c1-16(11-13-3-2-10-19-12-13)7-4-14(18)17-8-5-15-6-9-17;/h13,15H,2-12H2,1H3;1H. The van der Waals surface area contributed by atoms with Crippen molar-refractivity contribution in [3.8, 4) is 0 Å². The molecule has 2 aliphatic heterocycles. The number of carbonyl (C=O) groups is 1. The van der Waals surface area contributed by atoms with Crippen LogP contribution in [-0.2, 0) is 9.53 Å². The Morgan fingerprint density at radius 3 is 2.80 bits per heavy atom. The summed E-state index contributed by atoms with van der Waals surface area (Å²) in [7, 11) is 2.11. The Kier molecular flexibility index (Phi) is 8.45. The minimum absolute atomic E-state index is 0. The van der Waals surface area contributed by atoms with E-state index in [1.165, 1.54) is 12.8 Å². The van der Waals surface area contributed by atoms with E-state index in [-0.39, 0.29) is 12.4 Å². The number of rotatable bonds is 5. The van der Waals surface area contributed by atoms with Crippen molar-refractivity contribution in [2.75, 3.05) is 59.5 Å². The lowest BCUT2D eigenvalue weighted by molar-refractivity contribution is -0.132. The molecular formula is C14H28ClN3O2. The molecule has 118 valence electrons. The van der Waals surface area contributed by atoms with Gasteiger partial charge in [0, 0.05) is 52.3 Å². The van der Waals surface area contributed by atoms with E-state index in [0.29, 0.717) is 18.2 Å². The van der Waals surface area contributed by atoms with Crippen molar-refractivity contribution < 1.29 is 9.53 Å². The SMILES string of the molecule is CN(CCC(=O)N1CCNCC1)CC1CCCOC1.Cl. The summed E-state index contributed by atoms with van der Waals surface area (Å²) < 4.78 is 5.49. The van der Waals surface area contributed by atoms with Crippen molar-refractivity contribution in [1.29, 1.82) is 0 Å². The molecule has 2 rings (SSSR count). The fourth-order valence-corrected chi connectivity index (χ4v) is 2.84. The maximum Gasteiger partial charge on any atom is 0.223 e. The van der Waals surface area contributed by atoms with Gasteiger partial charge in [-0.2, -0.15) is 0 Å². The highest BCUT2D eigenvalue weighted by Gasteiger charge is 2.18. The van der Waals surface area contributed by atoms with E-state index in [1.807, 2.05) is 4.90 Å². The van der Waals surface area contributed by atoms with E-state index in [1.54, 1.807) is 0 Å². The first kappa shape index (κ1) is 17.7. The molecule has 2 aliphatic rings. The fraction of sp³-hybridized carbons (Fsp3) is 0.929. The Morgan fingerprint density at radius 1 is 1.40 bits per heavy atom. The first-order valence-corrected chi connectivity index (χ1v) is 7.50. The molecule has 2 saturated heterocycles. The zero-order valence-corrected chi connectivity index (χ0v) is 13.3. The number of nitrogens with one attached hydrogen (secondary N) is 1. The number of hydrogen-bond donors (Lipinski definition) is 1. The Bertz CT molecular complexity index is 280. The summed E-state index contributed by atoms with van der Waals surface area (Å²) in [5.41, 5.74) is 0. The third kappa shape index (κ3) is 5.95. The maximum atomic E-state index is 12.0. The van der Waals surface area contributed by atoms with Crippen molar-refractivity contribution in [3.05, 3.63) is 0 Å². The number of hydrogen-bond acceptors (Lipinski definition) is 4. The van der Waals surface area contributed by atoms with Gasteiger partial charge in [-0.15, -0.1) is 12.4 Å². The molecule has 0 bridgehead atoms. The smallest absolute Gasteiger partial charge is 0.223 e. The van der Waals surface area contributed by atoms with Gasteiger partial charge >= 0.3 is 0 Å². The Hall–Kier alpha value is -0.360. The minimum atomic E-state index is 0. The van der Waals surface area contributed by atoms with E-state index in [4.69, 9.17) is 4.74 Å². The average Bonchev–Trinajstić information content (AvgIpc) is 2.47. The molecule has 0 spiro atoms. The third-order valence-electron chi connectivity index (χ3n) is 4.00. The second-order valence-corrected chi connectivity index (χ2v) is 5.73. The molecule has 6 heteroatoms. The molecule has 5 nitrogen and oxygen atoms in total. The van der Waals surface area contributed by atoms with Crippen LogP contribution in [0.3, 0.4) is 0 Å². The summed E-state index contributed by atoms with van der Waals surface area (Å²) >= 11 is 0. The van der Waals surface area contributed by atoms with Gasteiger partial charge in [0.2, 0.25) is 5.91 Å². The van der Waals surface area contributed by atoms with Gasteiger partial charge in [-0.05, 0) is 25.8 Å². The van der Waals surface area contributed by atoms with Gasteiger partial charge in [0.1, 0.15) is 0 Å². The molecule has 0 radical (unpaired) electrons. The number of amides is 1. The Morgan fingerprint density at radius 2 is 2.15 bits per heavy atom. The zero-order chi connectivity index (χ0) is 13.5. The summed E-state index contributed by atoms with van der Waals surface area (Å²) in [6, 6.07) is 0. The molecule has 20 heavy (non-hydrogen) atoms. The van der Waals surface area contributed by atoms with Crippen molar-refractivity contribution in [3.63, 3.8) is 0 Å². The molecule has 1 amide bonds. The van der Waals surface area contributed by atoms with Crippen molar-refractivity contribution in [2.45, 2.75) is 19.3 Å². The van der Waals surface area contributed by atoms with Crippen LogP contribution in [0.15, 0.2) is 0 Å². The second-order valence-electron chi connectivity index (χ2n) is 5.73. The maximum absolute atomic E-state index is 12.0. The average molecular weight is 306 g/mol. The molecule has 0 aromatic rings. The van der Waals surface area contributed by atoms with Crippen LogP contribution in [-0.4, -0.2) is 75.2 Å². The predicted octanol–water partition coefficient (Wildman–Crippen LogP) is 0.589. The van der Waals surface area contributed by atoms with Crippen molar-refractivity contribution >= 4 is 18.3 Å². The van der Waals surface area contributed by atoms with Crippen LogP contribution in [0, 0.1) is 5.92 Å². The summed E-state index contributed by atoms with van der Waals surface area (Å²) in [6.07, 6.45) is 3.08. The molecule has 2 fully saturated rings. The summed E-state index contributed by atoms with van der Waals surface area (Å²) in [6.45, 7) is 7.30. The third-order valence-corrected chi connectivity index (χ3v) is 4.00. The highest BCUT2D eigenvalue weighted by molar-refractivity contribution is 5.85. The van der Waals surface area contributed by atoms with E-state index in [2.05, 4.69) is 17.3 Å². The van der Waals surface area contributed by atoms with Gasteiger partial charge in [-0.25, -0.2) is 0 Å². The van der Waals surface area contributed by atoms with Crippen LogP contribution < -0.4 is 5.32 Å². The number of halogens is 1. The second kappa shape index (κ2) is 9.55.